The number of furan rings is 1. The molecule has 5 nitrogen and oxygen atoms in total. The highest BCUT2D eigenvalue weighted by atomic mass is 16.5. The van der Waals surface area contributed by atoms with Crippen LogP contribution in [0.2, 0.25) is 0 Å². The Morgan fingerprint density at radius 3 is 2.65 bits per heavy atom. The molecule has 1 aromatic carbocycles. The van der Waals surface area contributed by atoms with Crippen LogP contribution >= 0.6 is 0 Å². The monoisotopic (exact) mass is 275 g/mol. The second kappa shape index (κ2) is 6.14. The molecule has 0 unspecified atom stereocenters. The summed E-state index contributed by atoms with van der Waals surface area (Å²) in [5, 5.41) is 2.83. The molecule has 106 valence electrons. The van der Waals surface area contributed by atoms with Gasteiger partial charge in [0.15, 0.2) is 0 Å². The van der Waals surface area contributed by atoms with E-state index in [0.29, 0.717) is 29.4 Å². The molecule has 1 heterocycles. The quantitative estimate of drug-likeness (QED) is 0.911. The van der Waals surface area contributed by atoms with Gasteiger partial charge in [0.1, 0.15) is 17.3 Å². The molecule has 0 aliphatic heterocycles. The van der Waals surface area contributed by atoms with Crippen molar-refractivity contribution in [2.75, 3.05) is 14.2 Å². The maximum absolute atomic E-state index is 12.0. The van der Waals surface area contributed by atoms with Gasteiger partial charge in [0.2, 0.25) is 0 Å². The van der Waals surface area contributed by atoms with Crippen LogP contribution < -0.4 is 14.8 Å². The van der Waals surface area contributed by atoms with Gasteiger partial charge in [-0.05, 0) is 25.1 Å². The van der Waals surface area contributed by atoms with Gasteiger partial charge < -0.3 is 19.2 Å². The lowest BCUT2D eigenvalue weighted by Gasteiger charge is -2.11. The Morgan fingerprint density at radius 2 is 2.05 bits per heavy atom. The topological polar surface area (TPSA) is 60.7 Å². The lowest BCUT2D eigenvalue weighted by molar-refractivity contribution is 0.0949. The standard InChI is InChI=1S/C15H17NO4/c1-10-13(6-7-20-10)15(17)16-9-11-4-5-12(18-2)8-14(11)19-3/h4-8H,9H2,1-3H3,(H,16,17). The van der Waals surface area contributed by atoms with E-state index in [2.05, 4.69) is 5.32 Å². The van der Waals surface area contributed by atoms with Gasteiger partial charge in [-0.3, -0.25) is 4.79 Å². The minimum absolute atomic E-state index is 0.172. The Morgan fingerprint density at radius 1 is 1.25 bits per heavy atom. The van der Waals surface area contributed by atoms with Gasteiger partial charge in [-0.15, -0.1) is 0 Å². The molecule has 0 saturated heterocycles. The van der Waals surface area contributed by atoms with Crippen LogP contribution in [-0.2, 0) is 6.54 Å². The van der Waals surface area contributed by atoms with Gasteiger partial charge in [0.25, 0.3) is 5.91 Å². The van der Waals surface area contributed by atoms with Crippen LogP contribution in [0.4, 0.5) is 0 Å². The predicted octanol–water partition coefficient (Wildman–Crippen LogP) is 2.54. The molecular weight excluding hydrogens is 258 g/mol. The highest BCUT2D eigenvalue weighted by Crippen LogP contribution is 2.24. The Hall–Kier alpha value is -2.43. The van der Waals surface area contributed by atoms with Gasteiger partial charge >= 0.3 is 0 Å². The molecule has 0 aliphatic carbocycles. The molecule has 1 amide bonds. The van der Waals surface area contributed by atoms with Crippen molar-refractivity contribution in [1.29, 1.82) is 0 Å². The van der Waals surface area contributed by atoms with Gasteiger partial charge in [-0.1, -0.05) is 0 Å². The minimum atomic E-state index is -0.172. The highest BCUT2D eigenvalue weighted by Gasteiger charge is 2.12. The molecule has 0 aliphatic rings. The average Bonchev–Trinajstić information content (AvgIpc) is 2.90. The van der Waals surface area contributed by atoms with Crippen molar-refractivity contribution >= 4 is 5.91 Å². The van der Waals surface area contributed by atoms with Crippen molar-refractivity contribution in [3.05, 3.63) is 47.4 Å². The summed E-state index contributed by atoms with van der Waals surface area (Å²) in [4.78, 5) is 12.0. The van der Waals surface area contributed by atoms with Gasteiger partial charge in [0, 0.05) is 18.2 Å². The molecule has 2 rings (SSSR count). The molecule has 0 atom stereocenters. The van der Waals surface area contributed by atoms with Crippen molar-refractivity contribution in [2.45, 2.75) is 13.5 Å². The Balaban J connectivity index is 2.07. The fourth-order valence-electron chi connectivity index (χ4n) is 1.89. The zero-order chi connectivity index (χ0) is 14.5. The van der Waals surface area contributed by atoms with E-state index in [1.165, 1.54) is 6.26 Å². The van der Waals surface area contributed by atoms with Crippen molar-refractivity contribution in [3.63, 3.8) is 0 Å². The Bertz CT molecular complexity index is 604. The summed E-state index contributed by atoms with van der Waals surface area (Å²) in [5.41, 5.74) is 1.42. The SMILES string of the molecule is COc1ccc(CNC(=O)c2ccoc2C)c(OC)c1. The van der Waals surface area contributed by atoms with Crippen LogP contribution in [0.1, 0.15) is 21.7 Å². The van der Waals surface area contributed by atoms with Gasteiger partial charge in [0.05, 0.1) is 26.0 Å². The average molecular weight is 275 g/mol. The van der Waals surface area contributed by atoms with Crippen molar-refractivity contribution in [2.24, 2.45) is 0 Å². The summed E-state index contributed by atoms with van der Waals surface area (Å²) in [5.74, 6) is 1.81. The van der Waals surface area contributed by atoms with E-state index in [4.69, 9.17) is 13.9 Å². The van der Waals surface area contributed by atoms with Crippen LogP contribution in [0, 0.1) is 6.92 Å². The molecule has 2 aromatic rings. The van der Waals surface area contributed by atoms with Crippen molar-refractivity contribution in [3.8, 4) is 11.5 Å². The number of ether oxygens (including phenoxy) is 2. The largest absolute Gasteiger partial charge is 0.497 e. The number of carbonyl (C=O) groups excluding carboxylic acids is 1. The number of methoxy groups -OCH3 is 2. The molecule has 20 heavy (non-hydrogen) atoms. The van der Waals surface area contributed by atoms with E-state index in [0.717, 1.165) is 5.56 Å². The number of benzene rings is 1. The third kappa shape index (κ3) is 2.93. The summed E-state index contributed by atoms with van der Waals surface area (Å²) in [6.45, 7) is 2.12. The number of carbonyl (C=O) groups is 1. The Kier molecular flexibility index (Phi) is 4.30. The van der Waals surface area contributed by atoms with Crippen LogP contribution in [0.25, 0.3) is 0 Å². The second-order valence-electron chi connectivity index (χ2n) is 4.25. The smallest absolute Gasteiger partial charge is 0.255 e. The zero-order valence-electron chi connectivity index (χ0n) is 11.7. The maximum atomic E-state index is 12.0. The molecule has 0 spiro atoms. The normalized spacial score (nSPS) is 10.2. The lowest BCUT2D eigenvalue weighted by atomic mass is 10.1. The fraction of sp³-hybridized carbons (Fsp3) is 0.267. The number of aryl methyl sites for hydroxylation is 1. The van der Waals surface area contributed by atoms with Crippen LogP contribution in [0.3, 0.4) is 0 Å². The summed E-state index contributed by atoms with van der Waals surface area (Å²) in [6, 6.07) is 7.12. The first-order chi connectivity index (χ1) is 9.65. The van der Waals surface area contributed by atoms with Crippen molar-refractivity contribution < 1.29 is 18.7 Å². The number of amides is 1. The molecule has 1 N–H and O–H groups in total. The number of hydrogen-bond acceptors (Lipinski definition) is 4. The van der Waals surface area contributed by atoms with E-state index >= 15 is 0 Å². The molecule has 1 aromatic heterocycles. The molecule has 0 saturated carbocycles. The van der Waals surface area contributed by atoms with Crippen LogP contribution in [0.5, 0.6) is 11.5 Å². The third-order valence-electron chi connectivity index (χ3n) is 3.04. The van der Waals surface area contributed by atoms with E-state index in [-0.39, 0.29) is 5.91 Å². The molecule has 5 heteroatoms. The van der Waals surface area contributed by atoms with Gasteiger partial charge in [-0.2, -0.15) is 0 Å². The number of nitrogens with one attached hydrogen (secondary N) is 1. The Labute approximate surface area is 117 Å². The summed E-state index contributed by atoms with van der Waals surface area (Å²) in [6.07, 6.45) is 1.50. The number of rotatable bonds is 5. The van der Waals surface area contributed by atoms with E-state index in [1.54, 1.807) is 33.3 Å². The predicted molar refractivity (Wildman–Crippen MR) is 74.2 cm³/mol. The maximum Gasteiger partial charge on any atom is 0.255 e. The molecular formula is C15H17NO4. The zero-order valence-corrected chi connectivity index (χ0v) is 11.7. The fourth-order valence-corrected chi connectivity index (χ4v) is 1.89. The first kappa shape index (κ1) is 14.0. The summed E-state index contributed by atoms with van der Waals surface area (Å²) in [7, 11) is 3.18. The highest BCUT2D eigenvalue weighted by molar-refractivity contribution is 5.95. The van der Waals surface area contributed by atoms with E-state index in [9.17, 15) is 4.79 Å². The molecule has 0 bridgehead atoms. The minimum Gasteiger partial charge on any atom is -0.497 e. The van der Waals surface area contributed by atoms with Gasteiger partial charge in [-0.25, -0.2) is 0 Å². The summed E-state index contributed by atoms with van der Waals surface area (Å²) >= 11 is 0. The lowest BCUT2D eigenvalue weighted by Crippen LogP contribution is -2.23. The van der Waals surface area contributed by atoms with E-state index < -0.39 is 0 Å². The first-order valence-corrected chi connectivity index (χ1v) is 6.19. The molecule has 0 fully saturated rings. The third-order valence-corrected chi connectivity index (χ3v) is 3.04. The summed E-state index contributed by atoms with van der Waals surface area (Å²) < 4.78 is 15.5. The first-order valence-electron chi connectivity index (χ1n) is 6.19. The van der Waals surface area contributed by atoms with Crippen LogP contribution in [0.15, 0.2) is 34.9 Å². The second-order valence-corrected chi connectivity index (χ2v) is 4.25. The van der Waals surface area contributed by atoms with E-state index in [1.807, 2.05) is 12.1 Å². The van der Waals surface area contributed by atoms with Crippen molar-refractivity contribution in [1.82, 2.24) is 5.32 Å². The van der Waals surface area contributed by atoms with Crippen LogP contribution in [-0.4, -0.2) is 20.1 Å². The molecule has 0 radical (unpaired) electrons. The number of hydrogen-bond donors (Lipinski definition) is 1.